The summed E-state index contributed by atoms with van der Waals surface area (Å²) in [6.07, 6.45) is -11.4. The van der Waals surface area contributed by atoms with Crippen LogP contribution in [0.4, 0.5) is 35.1 Å². The minimum atomic E-state index is -4.99. The molecule has 0 radical (unpaired) electrons. The fourth-order valence-corrected chi connectivity index (χ4v) is 4.40. The first-order chi connectivity index (χ1) is 17.0. The van der Waals surface area contributed by atoms with Gasteiger partial charge in [-0.3, -0.25) is 9.59 Å². The average molecular weight is 619 g/mol. The van der Waals surface area contributed by atoms with Crippen LogP contribution >= 0.6 is 15.9 Å². The van der Waals surface area contributed by atoms with Crippen LogP contribution in [0.25, 0.3) is 0 Å². The van der Waals surface area contributed by atoms with Gasteiger partial charge in [0.2, 0.25) is 11.6 Å². The molecule has 0 heterocycles. The summed E-state index contributed by atoms with van der Waals surface area (Å²) in [5, 5.41) is 8.97. The summed E-state index contributed by atoms with van der Waals surface area (Å²) >= 11 is 3.09. The number of carboxylic acid groups (broad SMARTS) is 1. The van der Waals surface area contributed by atoms with Gasteiger partial charge in [-0.15, -0.1) is 0 Å². The molecule has 2 aromatic carbocycles. The molecule has 4 nitrogen and oxygen atoms in total. The van der Waals surface area contributed by atoms with Crippen molar-refractivity contribution in [3.05, 3.63) is 69.2 Å². The van der Waals surface area contributed by atoms with Gasteiger partial charge in [-0.2, -0.15) is 26.3 Å². The third-order valence-electron chi connectivity index (χ3n) is 5.44. The van der Waals surface area contributed by atoms with E-state index in [0.29, 0.717) is 10.0 Å². The molecule has 0 amide bonds. The quantitative estimate of drug-likeness (QED) is 0.323. The van der Waals surface area contributed by atoms with Gasteiger partial charge in [-0.25, -0.2) is 13.6 Å². The number of hydrogen-bond acceptors (Lipinski definition) is 3. The monoisotopic (exact) mass is 618 g/mol. The zero-order chi connectivity index (χ0) is 29.9. The van der Waals surface area contributed by atoms with Crippen molar-refractivity contribution in [2.45, 2.75) is 63.7 Å². The maximum absolute atomic E-state index is 13.0. The van der Waals surface area contributed by atoms with E-state index in [-0.39, 0.29) is 5.56 Å². The molecule has 210 valence electrons. The van der Waals surface area contributed by atoms with Crippen molar-refractivity contribution in [1.29, 1.82) is 0 Å². The smallest absolute Gasteiger partial charge is 0.450 e. The molecule has 13 heteroatoms. The number of halogens is 9. The first-order valence-corrected chi connectivity index (χ1v) is 11.5. The predicted octanol–water partition coefficient (Wildman–Crippen LogP) is 7.71. The van der Waals surface area contributed by atoms with E-state index in [9.17, 15) is 49.5 Å². The lowest BCUT2D eigenvalue weighted by atomic mass is 9.77. The lowest BCUT2D eigenvalue weighted by Crippen LogP contribution is -2.32. The third-order valence-corrected chi connectivity index (χ3v) is 6.09. The molecule has 0 spiro atoms. The van der Waals surface area contributed by atoms with E-state index in [1.807, 2.05) is 0 Å². The minimum Gasteiger partial charge on any atom is -0.478 e. The van der Waals surface area contributed by atoms with Gasteiger partial charge in [-0.05, 0) is 46.2 Å². The Kier molecular flexibility index (Phi) is 10.4. The molecule has 0 aliphatic heterocycles. The first kappa shape index (κ1) is 33.2. The van der Waals surface area contributed by atoms with Gasteiger partial charge in [0.05, 0.1) is 5.56 Å². The molecule has 0 bridgehead atoms. The summed E-state index contributed by atoms with van der Waals surface area (Å²) in [6.45, 7) is 5.62. The molecular formula is C25H23BrF8O4. The molecule has 0 aromatic heterocycles. The van der Waals surface area contributed by atoms with Crippen LogP contribution in [0.15, 0.2) is 40.9 Å². The molecule has 0 aliphatic carbocycles. The number of Topliss-reactive ketones (excluding diaryl/α,β-unsaturated/α-hetero) is 2. The zero-order valence-corrected chi connectivity index (χ0v) is 22.0. The normalized spacial score (nSPS) is 12.4. The Balaban J connectivity index is 0.000000382. The van der Waals surface area contributed by atoms with Crippen LogP contribution in [0.3, 0.4) is 0 Å². The molecule has 2 aromatic rings. The maximum Gasteiger partial charge on any atom is 0.450 e. The Labute approximate surface area is 221 Å². The van der Waals surface area contributed by atoms with Crippen LogP contribution in [0.5, 0.6) is 0 Å². The van der Waals surface area contributed by atoms with E-state index in [1.54, 1.807) is 0 Å². The van der Waals surface area contributed by atoms with Crippen LogP contribution in [-0.4, -0.2) is 35.0 Å². The van der Waals surface area contributed by atoms with Crippen molar-refractivity contribution >= 4 is 33.5 Å². The van der Waals surface area contributed by atoms with E-state index in [1.165, 1.54) is 33.8 Å². The van der Waals surface area contributed by atoms with Gasteiger partial charge in [0.1, 0.15) is 11.6 Å². The fourth-order valence-electron chi connectivity index (χ4n) is 3.52. The summed E-state index contributed by atoms with van der Waals surface area (Å²) < 4.78 is 99.9. The van der Waals surface area contributed by atoms with E-state index in [0.717, 1.165) is 30.3 Å². The molecule has 2 rings (SSSR count). The number of aromatic carboxylic acids is 1. The second kappa shape index (κ2) is 11.9. The molecule has 0 unspecified atom stereocenters. The first-order valence-electron chi connectivity index (χ1n) is 10.7. The number of hydrogen-bond donors (Lipinski definition) is 1. The van der Waals surface area contributed by atoms with E-state index >= 15 is 0 Å². The van der Waals surface area contributed by atoms with E-state index in [2.05, 4.69) is 15.9 Å². The van der Waals surface area contributed by atoms with Crippen molar-refractivity contribution < 1.29 is 54.6 Å². The van der Waals surface area contributed by atoms with Gasteiger partial charge < -0.3 is 5.11 Å². The van der Waals surface area contributed by atoms with Gasteiger partial charge >= 0.3 is 18.3 Å². The Morgan fingerprint density at radius 3 is 1.45 bits per heavy atom. The Morgan fingerprint density at radius 1 is 0.711 bits per heavy atom. The number of ketones is 2. The summed E-state index contributed by atoms with van der Waals surface area (Å²) in [7, 11) is 0. The molecule has 0 saturated carbocycles. The average Bonchev–Trinajstić information content (AvgIpc) is 2.71. The van der Waals surface area contributed by atoms with Crippen LogP contribution < -0.4 is 0 Å². The standard InChI is InChI=1S/C13H12F4O3.C12H11BrF4O/c1-12(2,6-10(18)13(15,16)17)9-4-3-7(14)5-8(9)11(19)20;1-11(2,6-10(18)12(15,16)17)8-4-3-7(14)5-9(8)13/h3-5H,6H2,1-2H3,(H,19,20);3-5H,6H2,1-2H3. The van der Waals surface area contributed by atoms with Crippen molar-refractivity contribution in [1.82, 2.24) is 0 Å². The fraction of sp³-hybridized carbons (Fsp3) is 0.400. The highest BCUT2D eigenvalue weighted by Gasteiger charge is 2.43. The zero-order valence-electron chi connectivity index (χ0n) is 20.5. The van der Waals surface area contributed by atoms with Gasteiger partial charge in [-0.1, -0.05) is 55.8 Å². The second-order valence-corrected chi connectivity index (χ2v) is 10.4. The molecule has 38 heavy (non-hydrogen) atoms. The number of carbonyl (C=O) groups is 3. The highest BCUT2D eigenvalue weighted by atomic mass is 79.9. The lowest BCUT2D eigenvalue weighted by Gasteiger charge is -2.26. The van der Waals surface area contributed by atoms with Crippen molar-refractivity contribution in [2.75, 3.05) is 0 Å². The van der Waals surface area contributed by atoms with E-state index in [4.69, 9.17) is 5.11 Å². The molecule has 1 N–H and O–H groups in total. The second-order valence-electron chi connectivity index (χ2n) is 9.58. The number of carboxylic acids is 1. The SMILES string of the molecule is CC(C)(CC(=O)C(F)(F)F)c1ccc(F)cc1Br.CC(C)(CC(=O)C(F)(F)F)c1ccc(F)cc1C(=O)O. The molecule has 0 fully saturated rings. The Morgan fingerprint density at radius 2 is 1.08 bits per heavy atom. The van der Waals surface area contributed by atoms with Crippen LogP contribution in [0, 0.1) is 11.6 Å². The Bertz CT molecular complexity index is 1200. The van der Waals surface area contributed by atoms with Crippen LogP contribution in [0.1, 0.15) is 62.0 Å². The maximum atomic E-state index is 13.0. The number of benzene rings is 2. The molecule has 0 atom stereocenters. The van der Waals surface area contributed by atoms with Gasteiger partial charge in [0.25, 0.3) is 0 Å². The van der Waals surface area contributed by atoms with Crippen LogP contribution in [-0.2, 0) is 20.4 Å². The Hall–Kier alpha value is -2.83. The molecular weight excluding hydrogens is 596 g/mol. The van der Waals surface area contributed by atoms with Gasteiger partial charge in [0.15, 0.2) is 0 Å². The minimum absolute atomic E-state index is 0.0241. The predicted molar refractivity (Wildman–Crippen MR) is 125 cm³/mol. The lowest BCUT2D eigenvalue weighted by molar-refractivity contribution is -0.172. The molecule has 0 aliphatic rings. The number of rotatable bonds is 7. The summed E-state index contributed by atoms with van der Waals surface area (Å²) in [4.78, 5) is 33.1. The van der Waals surface area contributed by atoms with Gasteiger partial charge in [0, 0.05) is 17.3 Å². The highest BCUT2D eigenvalue weighted by molar-refractivity contribution is 9.10. The van der Waals surface area contributed by atoms with Crippen LogP contribution in [0.2, 0.25) is 0 Å². The van der Waals surface area contributed by atoms with Crippen molar-refractivity contribution in [3.63, 3.8) is 0 Å². The molecule has 0 saturated heterocycles. The number of carbonyl (C=O) groups excluding carboxylic acids is 2. The van der Waals surface area contributed by atoms with E-state index < -0.39 is 70.8 Å². The third kappa shape index (κ3) is 9.17. The van der Waals surface area contributed by atoms with Crippen molar-refractivity contribution in [3.8, 4) is 0 Å². The largest absolute Gasteiger partial charge is 0.478 e. The highest BCUT2D eigenvalue weighted by Crippen LogP contribution is 2.36. The summed E-state index contributed by atoms with van der Waals surface area (Å²) in [5.41, 5.74) is -2.43. The summed E-state index contributed by atoms with van der Waals surface area (Å²) in [5.74, 6) is -6.52. The van der Waals surface area contributed by atoms with Crippen molar-refractivity contribution in [2.24, 2.45) is 0 Å². The topological polar surface area (TPSA) is 71.4 Å². The number of alkyl halides is 6. The summed E-state index contributed by atoms with van der Waals surface area (Å²) in [6, 6.07) is 6.44.